The monoisotopic (exact) mass is 143 g/mol. The highest BCUT2D eigenvalue weighted by molar-refractivity contribution is 5.64. The minimum atomic E-state index is -0.944. The van der Waals surface area contributed by atoms with E-state index < -0.39 is 6.09 Å². The van der Waals surface area contributed by atoms with Crippen LogP contribution in [0.2, 0.25) is 0 Å². The summed E-state index contributed by atoms with van der Waals surface area (Å²) in [5.74, 6) is 0. The number of carbonyl (C=O) groups is 1. The highest BCUT2D eigenvalue weighted by Crippen LogP contribution is 1.87. The molecule has 58 valence electrons. The summed E-state index contributed by atoms with van der Waals surface area (Å²) >= 11 is 0. The molecule has 0 rings (SSSR count). The summed E-state index contributed by atoms with van der Waals surface area (Å²) in [4.78, 5) is 9.90. The minimum Gasteiger partial charge on any atom is -0.465 e. The predicted molar refractivity (Wildman–Crippen MR) is 40.1 cm³/mol. The van der Waals surface area contributed by atoms with Gasteiger partial charge in [0.25, 0.3) is 0 Å². The molecule has 0 aromatic heterocycles. The number of allylic oxidation sites excluding steroid dienone is 2. The molecule has 0 spiro atoms. The largest absolute Gasteiger partial charge is 0.465 e. The second-order valence-corrected chi connectivity index (χ2v) is 1.94. The third-order valence-corrected chi connectivity index (χ3v) is 1.06. The van der Waals surface area contributed by atoms with Crippen molar-refractivity contribution < 1.29 is 9.90 Å². The van der Waals surface area contributed by atoms with Gasteiger partial charge in [0.2, 0.25) is 0 Å². The second kappa shape index (κ2) is 6.13. The molecule has 3 nitrogen and oxygen atoms in total. The Morgan fingerprint density at radius 1 is 1.70 bits per heavy atom. The fraction of sp³-hybridized carbons (Fsp3) is 0.571. The highest BCUT2D eigenvalue weighted by Gasteiger charge is 1.89. The van der Waals surface area contributed by atoms with Gasteiger partial charge in [-0.1, -0.05) is 12.2 Å². The number of nitrogens with one attached hydrogen (secondary N) is 1. The molecule has 3 heteroatoms. The third-order valence-electron chi connectivity index (χ3n) is 1.06. The average molecular weight is 143 g/mol. The smallest absolute Gasteiger partial charge is 0.404 e. The number of rotatable bonds is 4. The first-order chi connectivity index (χ1) is 4.77. The van der Waals surface area contributed by atoms with Crippen LogP contribution in [0.15, 0.2) is 12.2 Å². The van der Waals surface area contributed by atoms with E-state index in [1.165, 1.54) is 0 Å². The molecule has 0 atom stereocenters. The molecule has 0 bridgehead atoms. The number of hydrogen-bond donors (Lipinski definition) is 2. The summed E-state index contributed by atoms with van der Waals surface area (Å²) in [6, 6.07) is 0. The maximum absolute atomic E-state index is 9.90. The Kier molecular flexibility index (Phi) is 5.53. The second-order valence-electron chi connectivity index (χ2n) is 1.94. The van der Waals surface area contributed by atoms with Crippen molar-refractivity contribution in [1.82, 2.24) is 5.32 Å². The first-order valence-electron chi connectivity index (χ1n) is 3.35. The molecule has 0 saturated carbocycles. The normalized spacial score (nSPS) is 10.1. The molecule has 0 aliphatic carbocycles. The Bertz CT molecular complexity index is 121. The van der Waals surface area contributed by atoms with Crippen LogP contribution >= 0.6 is 0 Å². The lowest BCUT2D eigenvalue weighted by atomic mass is 10.3. The van der Waals surface area contributed by atoms with Gasteiger partial charge in [0, 0.05) is 6.54 Å². The Morgan fingerprint density at radius 3 is 2.90 bits per heavy atom. The fourth-order valence-electron chi connectivity index (χ4n) is 0.582. The van der Waals surface area contributed by atoms with Gasteiger partial charge in [-0.15, -0.1) is 0 Å². The van der Waals surface area contributed by atoms with Crippen LogP contribution < -0.4 is 5.32 Å². The van der Waals surface area contributed by atoms with Gasteiger partial charge in [-0.3, -0.25) is 0 Å². The number of carboxylic acid groups (broad SMARTS) is 1. The van der Waals surface area contributed by atoms with Crippen molar-refractivity contribution >= 4 is 6.09 Å². The van der Waals surface area contributed by atoms with Crippen molar-refractivity contribution in [2.45, 2.75) is 19.8 Å². The van der Waals surface area contributed by atoms with E-state index in [4.69, 9.17) is 5.11 Å². The molecule has 0 saturated heterocycles. The Morgan fingerprint density at radius 2 is 2.40 bits per heavy atom. The number of unbranched alkanes of at least 4 members (excludes halogenated alkanes) is 1. The third kappa shape index (κ3) is 7.01. The van der Waals surface area contributed by atoms with Crippen molar-refractivity contribution in [3.05, 3.63) is 12.2 Å². The first-order valence-corrected chi connectivity index (χ1v) is 3.35. The van der Waals surface area contributed by atoms with Crippen LogP contribution in [0.5, 0.6) is 0 Å². The Hall–Kier alpha value is -0.990. The van der Waals surface area contributed by atoms with Crippen molar-refractivity contribution in [3.63, 3.8) is 0 Å². The van der Waals surface area contributed by atoms with Gasteiger partial charge in [0.15, 0.2) is 0 Å². The number of amides is 1. The molecule has 0 unspecified atom stereocenters. The molecule has 0 aromatic carbocycles. The van der Waals surface area contributed by atoms with E-state index in [9.17, 15) is 4.79 Å². The van der Waals surface area contributed by atoms with Crippen LogP contribution in [-0.2, 0) is 0 Å². The standard InChI is InChI=1S/C7H13NO2/c1-2-3-4-5-6-8-7(9)10/h2-3,8H,4-6H2,1H3,(H,9,10). The van der Waals surface area contributed by atoms with E-state index in [2.05, 4.69) is 5.32 Å². The summed E-state index contributed by atoms with van der Waals surface area (Å²) in [6.45, 7) is 2.49. The van der Waals surface area contributed by atoms with Crippen molar-refractivity contribution in [2.75, 3.05) is 6.54 Å². The average Bonchev–Trinajstić information content (AvgIpc) is 1.87. The van der Waals surface area contributed by atoms with Crippen LogP contribution in [0.4, 0.5) is 4.79 Å². The lowest BCUT2D eigenvalue weighted by Crippen LogP contribution is -2.21. The summed E-state index contributed by atoms with van der Waals surface area (Å²) in [6.07, 6.45) is 4.85. The van der Waals surface area contributed by atoms with Crippen molar-refractivity contribution in [2.24, 2.45) is 0 Å². The van der Waals surface area contributed by atoms with Crippen LogP contribution in [0.25, 0.3) is 0 Å². The molecule has 0 aliphatic heterocycles. The molecule has 10 heavy (non-hydrogen) atoms. The minimum absolute atomic E-state index is 0.541. The molecule has 0 aromatic rings. The SMILES string of the molecule is CC=CCCCNC(=O)O. The van der Waals surface area contributed by atoms with Gasteiger partial charge in [-0.2, -0.15) is 0 Å². The van der Waals surface area contributed by atoms with E-state index in [-0.39, 0.29) is 0 Å². The molecule has 0 heterocycles. The number of hydrogen-bond acceptors (Lipinski definition) is 1. The Balaban J connectivity index is 2.98. The van der Waals surface area contributed by atoms with Gasteiger partial charge >= 0.3 is 6.09 Å². The van der Waals surface area contributed by atoms with Crippen molar-refractivity contribution in [3.8, 4) is 0 Å². The lowest BCUT2D eigenvalue weighted by molar-refractivity contribution is 0.194. The fourth-order valence-corrected chi connectivity index (χ4v) is 0.582. The van der Waals surface area contributed by atoms with E-state index in [0.717, 1.165) is 12.8 Å². The van der Waals surface area contributed by atoms with Gasteiger partial charge < -0.3 is 10.4 Å². The highest BCUT2D eigenvalue weighted by atomic mass is 16.4. The maximum atomic E-state index is 9.90. The van der Waals surface area contributed by atoms with Crippen LogP contribution in [0, 0.1) is 0 Å². The summed E-state index contributed by atoms with van der Waals surface area (Å²) < 4.78 is 0. The van der Waals surface area contributed by atoms with Crippen LogP contribution in [0.1, 0.15) is 19.8 Å². The van der Waals surface area contributed by atoms with Gasteiger partial charge in [-0.05, 0) is 19.8 Å². The zero-order valence-corrected chi connectivity index (χ0v) is 6.13. The maximum Gasteiger partial charge on any atom is 0.404 e. The van der Waals surface area contributed by atoms with Crippen LogP contribution in [-0.4, -0.2) is 17.7 Å². The molecular formula is C7H13NO2. The van der Waals surface area contributed by atoms with Gasteiger partial charge in [0.05, 0.1) is 0 Å². The molecule has 2 N–H and O–H groups in total. The molecule has 0 aliphatic rings. The van der Waals surface area contributed by atoms with E-state index in [1.54, 1.807) is 0 Å². The van der Waals surface area contributed by atoms with E-state index >= 15 is 0 Å². The first kappa shape index (κ1) is 9.01. The molecular weight excluding hydrogens is 130 g/mol. The summed E-state index contributed by atoms with van der Waals surface area (Å²) in [7, 11) is 0. The topological polar surface area (TPSA) is 49.3 Å². The Labute approximate surface area is 60.7 Å². The van der Waals surface area contributed by atoms with E-state index in [1.807, 2.05) is 19.1 Å². The quantitative estimate of drug-likeness (QED) is 0.464. The zero-order chi connectivity index (χ0) is 7.82. The van der Waals surface area contributed by atoms with Crippen molar-refractivity contribution in [1.29, 1.82) is 0 Å². The molecule has 0 fully saturated rings. The molecule has 0 radical (unpaired) electrons. The predicted octanol–water partition coefficient (Wildman–Crippen LogP) is 1.61. The van der Waals surface area contributed by atoms with Crippen LogP contribution in [0.3, 0.4) is 0 Å². The van der Waals surface area contributed by atoms with Gasteiger partial charge in [-0.25, -0.2) is 4.79 Å². The summed E-state index contributed by atoms with van der Waals surface area (Å²) in [5, 5.41) is 10.4. The molecule has 1 amide bonds. The summed E-state index contributed by atoms with van der Waals surface area (Å²) in [5.41, 5.74) is 0. The van der Waals surface area contributed by atoms with Gasteiger partial charge in [0.1, 0.15) is 0 Å². The zero-order valence-electron chi connectivity index (χ0n) is 6.13. The van der Waals surface area contributed by atoms with E-state index in [0.29, 0.717) is 6.54 Å². The lowest BCUT2D eigenvalue weighted by Gasteiger charge is -1.95.